The molecule has 0 saturated heterocycles. The number of nitrogens with one attached hydrogen (secondary N) is 2. The summed E-state index contributed by atoms with van der Waals surface area (Å²) in [5, 5.41) is 3.89. The third-order valence-electron chi connectivity index (χ3n) is 4.96. The molecule has 0 aliphatic heterocycles. The molecule has 0 spiro atoms. The maximum Gasteiger partial charge on any atom is 0.230 e. The Bertz CT molecular complexity index is 927. The third kappa shape index (κ3) is 2.90. The SMILES string of the molecule is O=C(NCCc1ccc(F)cc1)C1(c2c[nH]c3cc(F)ccc23)CC1. The van der Waals surface area contributed by atoms with E-state index in [0.717, 1.165) is 29.4 Å². The summed E-state index contributed by atoms with van der Waals surface area (Å²) < 4.78 is 26.3. The minimum Gasteiger partial charge on any atom is -0.361 e. The molecule has 4 rings (SSSR count). The predicted octanol–water partition coefficient (Wildman–Crippen LogP) is 3.84. The van der Waals surface area contributed by atoms with Gasteiger partial charge < -0.3 is 10.3 Å². The highest BCUT2D eigenvalue weighted by atomic mass is 19.1. The fourth-order valence-corrected chi connectivity index (χ4v) is 3.38. The lowest BCUT2D eigenvalue weighted by Crippen LogP contribution is -2.35. The van der Waals surface area contributed by atoms with Crippen molar-refractivity contribution in [1.82, 2.24) is 10.3 Å². The van der Waals surface area contributed by atoms with Crippen molar-refractivity contribution in [3.8, 4) is 0 Å². The van der Waals surface area contributed by atoms with Gasteiger partial charge in [-0.05, 0) is 60.7 Å². The maximum absolute atomic E-state index is 13.3. The summed E-state index contributed by atoms with van der Waals surface area (Å²) in [4.78, 5) is 15.8. The molecule has 2 aromatic carbocycles. The minimum atomic E-state index is -0.515. The van der Waals surface area contributed by atoms with Gasteiger partial charge in [0.25, 0.3) is 0 Å². The van der Waals surface area contributed by atoms with Crippen LogP contribution in [0.4, 0.5) is 8.78 Å². The number of aromatic amines is 1. The molecule has 1 aliphatic carbocycles. The van der Waals surface area contributed by atoms with E-state index in [1.165, 1.54) is 24.3 Å². The number of benzene rings is 2. The van der Waals surface area contributed by atoms with Gasteiger partial charge in [0.05, 0.1) is 5.41 Å². The number of rotatable bonds is 5. The van der Waals surface area contributed by atoms with Crippen LogP contribution in [0.15, 0.2) is 48.7 Å². The van der Waals surface area contributed by atoms with Gasteiger partial charge in [0.2, 0.25) is 5.91 Å². The lowest BCUT2D eigenvalue weighted by atomic mass is 9.94. The van der Waals surface area contributed by atoms with Crippen LogP contribution in [0, 0.1) is 11.6 Å². The van der Waals surface area contributed by atoms with E-state index in [4.69, 9.17) is 0 Å². The molecule has 25 heavy (non-hydrogen) atoms. The van der Waals surface area contributed by atoms with E-state index in [2.05, 4.69) is 10.3 Å². The second-order valence-electron chi connectivity index (χ2n) is 6.61. The topological polar surface area (TPSA) is 44.9 Å². The Morgan fingerprint density at radius 1 is 1.08 bits per heavy atom. The first kappa shape index (κ1) is 15.8. The number of hydrogen-bond donors (Lipinski definition) is 2. The maximum atomic E-state index is 13.3. The van der Waals surface area contributed by atoms with Crippen molar-refractivity contribution in [3.63, 3.8) is 0 Å². The molecule has 5 heteroatoms. The molecule has 1 amide bonds. The molecule has 1 fully saturated rings. The molecule has 128 valence electrons. The van der Waals surface area contributed by atoms with Crippen LogP contribution in [-0.4, -0.2) is 17.4 Å². The van der Waals surface area contributed by atoms with E-state index in [1.54, 1.807) is 18.2 Å². The van der Waals surface area contributed by atoms with Crippen LogP contribution < -0.4 is 5.32 Å². The summed E-state index contributed by atoms with van der Waals surface area (Å²) in [6, 6.07) is 10.9. The van der Waals surface area contributed by atoms with Crippen LogP contribution in [0.2, 0.25) is 0 Å². The lowest BCUT2D eigenvalue weighted by molar-refractivity contribution is -0.123. The highest BCUT2D eigenvalue weighted by Gasteiger charge is 2.52. The lowest BCUT2D eigenvalue weighted by Gasteiger charge is -2.15. The third-order valence-corrected chi connectivity index (χ3v) is 4.96. The molecule has 1 saturated carbocycles. The summed E-state index contributed by atoms with van der Waals surface area (Å²) >= 11 is 0. The largest absolute Gasteiger partial charge is 0.361 e. The minimum absolute atomic E-state index is 0.000151. The average Bonchev–Trinajstić information content (AvgIpc) is 3.31. The van der Waals surface area contributed by atoms with Crippen LogP contribution in [0.25, 0.3) is 10.9 Å². The second-order valence-corrected chi connectivity index (χ2v) is 6.61. The standard InChI is InChI=1S/C20H18F2N2O/c21-14-3-1-13(2-4-14)7-10-23-19(25)20(8-9-20)17-12-24-18-11-15(22)5-6-16(17)18/h1-6,11-12,24H,7-10H2,(H,23,25). The number of fused-ring (bicyclic) bond motifs is 1. The molecule has 3 nitrogen and oxygen atoms in total. The zero-order valence-corrected chi connectivity index (χ0v) is 13.6. The summed E-state index contributed by atoms with van der Waals surface area (Å²) in [7, 11) is 0. The van der Waals surface area contributed by atoms with E-state index >= 15 is 0 Å². The van der Waals surface area contributed by atoms with E-state index in [9.17, 15) is 13.6 Å². The van der Waals surface area contributed by atoms with Gasteiger partial charge in [-0.25, -0.2) is 8.78 Å². The zero-order chi connectivity index (χ0) is 17.4. The summed E-state index contributed by atoms with van der Waals surface area (Å²) in [5.74, 6) is -0.560. The molecule has 0 bridgehead atoms. The number of carbonyl (C=O) groups is 1. The Hall–Kier alpha value is -2.69. The molecule has 1 aromatic heterocycles. The number of aromatic nitrogens is 1. The van der Waals surface area contributed by atoms with Crippen LogP contribution in [0.3, 0.4) is 0 Å². The molecular weight excluding hydrogens is 322 g/mol. The summed E-state index contributed by atoms with van der Waals surface area (Å²) in [6.07, 6.45) is 4.05. The van der Waals surface area contributed by atoms with Crippen molar-refractivity contribution in [1.29, 1.82) is 0 Å². The summed E-state index contributed by atoms with van der Waals surface area (Å²) in [6.45, 7) is 0.503. The van der Waals surface area contributed by atoms with Crippen molar-refractivity contribution >= 4 is 16.8 Å². The highest BCUT2D eigenvalue weighted by molar-refractivity contribution is 5.97. The smallest absolute Gasteiger partial charge is 0.230 e. The molecule has 1 aliphatic rings. The predicted molar refractivity (Wildman–Crippen MR) is 92.3 cm³/mol. The van der Waals surface area contributed by atoms with Crippen LogP contribution in [0.1, 0.15) is 24.0 Å². The molecule has 0 radical (unpaired) electrons. The van der Waals surface area contributed by atoms with Gasteiger partial charge in [0, 0.05) is 23.6 Å². The van der Waals surface area contributed by atoms with E-state index in [-0.39, 0.29) is 17.5 Å². The Labute approximate surface area is 144 Å². The van der Waals surface area contributed by atoms with Crippen LogP contribution in [-0.2, 0) is 16.6 Å². The van der Waals surface area contributed by atoms with E-state index < -0.39 is 5.41 Å². The fourth-order valence-electron chi connectivity index (χ4n) is 3.38. The molecular formula is C20H18F2N2O. The van der Waals surface area contributed by atoms with Gasteiger partial charge in [0.15, 0.2) is 0 Å². The fraction of sp³-hybridized carbons (Fsp3) is 0.250. The Morgan fingerprint density at radius 2 is 1.80 bits per heavy atom. The van der Waals surface area contributed by atoms with Crippen molar-refractivity contribution in [3.05, 3.63) is 71.4 Å². The zero-order valence-electron chi connectivity index (χ0n) is 13.6. The van der Waals surface area contributed by atoms with Crippen LogP contribution >= 0.6 is 0 Å². The van der Waals surface area contributed by atoms with Gasteiger partial charge >= 0.3 is 0 Å². The normalized spacial score (nSPS) is 15.3. The van der Waals surface area contributed by atoms with Crippen molar-refractivity contribution < 1.29 is 13.6 Å². The molecule has 0 unspecified atom stereocenters. The van der Waals surface area contributed by atoms with Gasteiger partial charge in [-0.1, -0.05) is 12.1 Å². The van der Waals surface area contributed by atoms with Crippen molar-refractivity contribution in [2.24, 2.45) is 0 Å². The summed E-state index contributed by atoms with van der Waals surface area (Å²) in [5.41, 5.74) is 2.11. The van der Waals surface area contributed by atoms with Gasteiger partial charge in [-0.2, -0.15) is 0 Å². The van der Waals surface area contributed by atoms with Crippen LogP contribution in [0.5, 0.6) is 0 Å². The Kier molecular flexibility index (Phi) is 3.79. The Balaban J connectivity index is 1.46. The highest BCUT2D eigenvalue weighted by Crippen LogP contribution is 2.50. The van der Waals surface area contributed by atoms with E-state index in [0.29, 0.717) is 18.5 Å². The molecule has 1 heterocycles. The number of amides is 1. The number of carbonyl (C=O) groups excluding carboxylic acids is 1. The molecule has 2 N–H and O–H groups in total. The first-order chi connectivity index (χ1) is 12.1. The first-order valence-corrected chi connectivity index (χ1v) is 8.38. The number of H-pyrrole nitrogens is 1. The molecule has 3 aromatic rings. The molecule has 0 atom stereocenters. The Morgan fingerprint density at radius 3 is 2.52 bits per heavy atom. The van der Waals surface area contributed by atoms with Crippen molar-refractivity contribution in [2.45, 2.75) is 24.7 Å². The quantitative estimate of drug-likeness (QED) is 0.728. The van der Waals surface area contributed by atoms with E-state index in [1.807, 2.05) is 6.20 Å². The van der Waals surface area contributed by atoms with Crippen molar-refractivity contribution in [2.75, 3.05) is 6.54 Å². The number of hydrogen-bond acceptors (Lipinski definition) is 1. The monoisotopic (exact) mass is 340 g/mol. The first-order valence-electron chi connectivity index (χ1n) is 8.38. The van der Waals surface area contributed by atoms with Gasteiger partial charge in [-0.3, -0.25) is 4.79 Å². The average molecular weight is 340 g/mol. The van der Waals surface area contributed by atoms with Gasteiger partial charge in [0.1, 0.15) is 11.6 Å². The second kappa shape index (κ2) is 5.99. The number of halogens is 2. The van der Waals surface area contributed by atoms with Gasteiger partial charge in [-0.15, -0.1) is 0 Å².